The van der Waals surface area contributed by atoms with Crippen LogP contribution in [0.3, 0.4) is 0 Å². The Labute approximate surface area is 94.7 Å². The molecule has 0 spiro atoms. The van der Waals surface area contributed by atoms with Crippen molar-refractivity contribution in [2.45, 2.75) is 25.6 Å². The van der Waals surface area contributed by atoms with Gasteiger partial charge >= 0.3 is 0 Å². The fourth-order valence-electron chi connectivity index (χ4n) is 1.13. The summed E-state index contributed by atoms with van der Waals surface area (Å²) < 4.78 is 0. The maximum atomic E-state index is 11.3. The molecule has 1 aromatic carbocycles. The molecule has 0 heterocycles. The van der Waals surface area contributed by atoms with Gasteiger partial charge in [0.25, 0.3) is 0 Å². The zero-order valence-electron chi connectivity index (χ0n) is 9.05. The maximum Gasteiger partial charge on any atom is 0.236 e. The fraction of sp³-hybridized carbons (Fsp3) is 0.308. The number of hydrogen-bond donors (Lipinski definition) is 2. The van der Waals surface area contributed by atoms with Crippen molar-refractivity contribution in [2.24, 2.45) is 0 Å². The standard InChI is InChI=1S/C13H14O3/c1-2-11(14)13(16)12(15)9-8-10-6-4-3-5-7-10/h3-7,11,13-14,16H,2H2,1H3/t11-,13+/m0/s1. The summed E-state index contributed by atoms with van der Waals surface area (Å²) in [6, 6.07) is 9.01. The molecule has 0 aliphatic heterocycles. The molecule has 0 saturated heterocycles. The minimum Gasteiger partial charge on any atom is -0.390 e. The third-order valence-corrected chi connectivity index (χ3v) is 2.16. The molecular weight excluding hydrogens is 204 g/mol. The van der Waals surface area contributed by atoms with E-state index in [0.717, 1.165) is 0 Å². The summed E-state index contributed by atoms with van der Waals surface area (Å²) in [5.41, 5.74) is 0.703. The first kappa shape index (κ1) is 12.4. The van der Waals surface area contributed by atoms with Crippen LogP contribution in [-0.4, -0.2) is 28.2 Å². The van der Waals surface area contributed by atoms with Crippen LogP contribution in [0.15, 0.2) is 30.3 Å². The average Bonchev–Trinajstić information content (AvgIpc) is 2.35. The number of rotatable bonds is 3. The van der Waals surface area contributed by atoms with E-state index in [-0.39, 0.29) is 0 Å². The lowest BCUT2D eigenvalue weighted by molar-refractivity contribution is -0.127. The van der Waals surface area contributed by atoms with Crippen LogP contribution in [0.25, 0.3) is 0 Å². The summed E-state index contributed by atoms with van der Waals surface area (Å²) in [6.07, 6.45) is -2.14. The van der Waals surface area contributed by atoms with Crippen LogP contribution in [-0.2, 0) is 4.79 Å². The summed E-state index contributed by atoms with van der Waals surface area (Å²) in [5.74, 6) is 4.29. The van der Waals surface area contributed by atoms with Gasteiger partial charge in [0.05, 0.1) is 6.10 Å². The average molecular weight is 218 g/mol. The van der Waals surface area contributed by atoms with Gasteiger partial charge < -0.3 is 10.2 Å². The van der Waals surface area contributed by atoms with Crippen molar-refractivity contribution in [1.29, 1.82) is 0 Å². The molecule has 0 saturated carbocycles. The van der Waals surface area contributed by atoms with Gasteiger partial charge in [-0.05, 0) is 24.5 Å². The van der Waals surface area contributed by atoms with E-state index in [4.69, 9.17) is 0 Å². The minimum absolute atomic E-state index is 0.319. The molecule has 84 valence electrons. The van der Waals surface area contributed by atoms with Crippen LogP contribution in [0.1, 0.15) is 18.9 Å². The molecule has 16 heavy (non-hydrogen) atoms. The molecule has 1 rings (SSSR count). The zero-order valence-corrected chi connectivity index (χ0v) is 9.05. The Kier molecular flexibility index (Phi) is 4.71. The highest BCUT2D eigenvalue weighted by atomic mass is 16.3. The van der Waals surface area contributed by atoms with E-state index in [2.05, 4.69) is 11.8 Å². The van der Waals surface area contributed by atoms with Gasteiger partial charge in [-0.25, -0.2) is 0 Å². The Morgan fingerprint density at radius 2 is 1.94 bits per heavy atom. The Morgan fingerprint density at radius 3 is 2.50 bits per heavy atom. The van der Waals surface area contributed by atoms with Crippen LogP contribution in [0, 0.1) is 11.8 Å². The number of benzene rings is 1. The SMILES string of the molecule is CC[C@H](O)[C@@H](O)C(=O)C#Cc1ccccc1. The van der Waals surface area contributed by atoms with E-state index in [1.807, 2.05) is 18.2 Å². The maximum absolute atomic E-state index is 11.3. The van der Waals surface area contributed by atoms with E-state index < -0.39 is 18.0 Å². The third kappa shape index (κ3) is 3.50. The molecule has 0 amide bonds. The number of ketones is 1. The molecule has 0 bridgehead atoms. The Morgan fingerprint density at radius 1 is 1.31 bits per heavy atom. The second kappa shape index (κ2) is 6.06. The van der Waals surface area contributed by atoms with Gasteiger partial charge in [-0.1, -0.05) is 31.0 Å². The van der Waals surface area contributed by atoms with Crippen molar-refractivity contribution in [3.05, 3.63) is 35.9 Å². The van der Waals surface area contributed by atoms with E-state index in [1.54, 1.807) is 19.1 Å². The first-order valence-electron chi connectivity index (χ1n) is 5.12. The molecule has 1 aromatic rings. The fourth-order valence-corrected chi connectivity index (χ4v) is 1.13. The molecule has 2 N–H and O–H groups in total. The first-order valence-corrected chi connectivity index (χ1v) is 5.12. The van der Waals surface area contributed by atoms with E-state index in [1.165, 1.54) is 0 Å². The van der Waals surface area contributed by atoms with Crippen LogP contribution in [0.4, 0.5) is 0 Å². The molecule has 0 aliphatic rings. The van der Waals surface area contributed by atoms with Gasteiger partial charge in [0, 0.05) is 5.56 Å². The van der Waals surface area contributed by atoms with Crippen LogP contribution in [0.5, 0.6) is 0 Å². The van der Waals surface area contributed by atoms with Crippen molar-refractivity contribution in [2.75, 3.05) is 0 Å². The van der Waals surface area contributed by atoms with Crippen molar-refractivity contribution in [1.82, 2.24) is 0 Å². The molecular formula is C13H14O3. The van der Waals surface area contributed by atoms with Gasteiger partial charge in [0.1, 0.15) is 0 Å². The largest absolute Gasteiger partial charge is 0.390 e. The number of carbonyl (C=O) groups is 1. The van der Waals surface area contributed by atoms with Gasteiger partial charge in [0.15, 0.2) is 6.10 Å². The molecule has 0 aliphatic carbocycles. The Bertz CT molecular complexity index is 400. The molecule has 3 nitrogen and oxygen atoms in total. The van der Waals surface area contributed by atoms with E-state index in [9.17, 15) is 15.0 Å². The molecule has 0 unspecified atom stereocenters. The highest BCUT2D eigenvalue weighted by Gasteiger charge is 2.20. The number of carbonyl (C=O) groups excluding carboxylic acids is 1. The highest BCUT2D eigenvalue weighted by Crippen LogP contribution is 2.00. The smallest absolute Gasteiger partial charge is 0.236 e. The molecule has 0 radical (unpaired) electrons. The molecule has 2 atom stereocenters. The molecule has 3 heteroatoms. The second-order valence-electron chi connectivity index (χ2n) is 3.40. The summed E-state index contributed by atoms with van der Waals surface area (Å²) >= 11 is 0. The topological polar surface area (TPSA) is 57.5 Å². The van der Waals surface area contributed by atoms with Crippen molar-refractivity contribution in [3.63, 3.8) is 0 Å². The predicted octanol–water partition coefficient (Wildman–Crippen LogP) is 0.739. The normalized spacial score (nSPS) is 13.4. The predicted molar refractivity (Wildman–Crippen MR) is 60.6 cm³/mol. The van der Waals surface area contributed by atoms with Crippen molar-refractivity contribution >= 4 is 5.78 Å². The minimum atomic E-state index is -1.42. The first-order chi connectivity index (χ1) is 7.65. The number of aliphatic hydroxyl groups is 2. The van der Waals surface area contributed by atoms with E-state index in [0.29, 0.717) is 12.0 Å². The number of Topliss-reactive ketones (excluding diaryl/α,β-unsaturated/α-hetero) is 1. The Hall–Kier alpha value is -1.63. The highest BCUT2D eigenvalue weighted by molar-refractivity contribution is 5.99. The van der Waals surface area contributed by atoms with Gasteiger partial charge in [0.2, 0.25) is 5.78 Å². The third-order valence-electron chi connectivity index (χ3n) is 2.16. The summed E-state index contributed by atoms with van der Waals surface area (Å²) in [4.78, 5) is 11.3. The second-order valence-corrected chi connectivity index (χ2v) is 3.40. The van der Waals surface area contributed by atoms with Gasteiger partial charge in [-0.2, -0.15) is 0 Å². The zero-order chi connectivity index (χ0) is 12.0. The van der Waals surface area contributed by atoms with Crippen LogP contribution >= 0.6 is 0 Å². The van der Waals surface area contributed by atoms with Crippen LogP contribution < -0.4 is 0 Å². The molecule has 0 fully saturated rings. The van der Waals surface area contributed by atoms with Gasteiger partial charge in [-0.3, -0.25) is 4.79 Å². The van der Waals surface area contributed by atoms with Crippen LogP contribution in [0.2, 0.25) is 0 Å². The monoisotopic (exact) mass is 218 g/mol. The lowest BCUT2D eigenvalue weighted by Gasteiger charge is -2.10. The summed E-state index contributed by atoms with van der Waals surface area (Å²) in [6.45, 7) is 1.69. The van der Waals surface area contributed by atoms with Gasteiger partial charge in [-0.15, -0.1) is 0 Å². The Balaban J connectivity index is 2.68. The quantitative estimate of drug-likeness (QED) is 0.736. The number of hydrogen-bond acceptors (Lipinski definition) is 3. The number of aliphatic hydroxyl groups excluding tert-OH is 2. The van der Waals surface area contributed by atoms with E-state index >= 15 is 0 Å². The summed E-state index contributed by atoms with van der Waals surface area (Å²) in [7, 11) is 0. The lowest BCUT2D eigenvalue weighted by Crippen LogP contribution is -2.32. The van der Waals surface area contributed by atoms with Crippen molar-refractivity contribution in [3.8, 4) is 11.8 Å². The lowest BCUT2D eigenvalue weighted by atomic mass is 10.1. The molecule has 0 aromatic heterocycles. The van der Waals surface area contributed by atoms with Crippen molar-refractivity contribution < 1.29 is 15.0 Å². The summed E-state index contributed by atoms with van der Waals surface area (Å²) in [5, 5.41) is 18.6.